The Kier molecular flexibility index (Phi) is 2.21. The van der Waals surface area contributed by atoms with Gasteiger partial charge in [0.2, 0.25) is 0 Å². The molecule has 1 aliphatic heterocycles. The third-order valence-corrected chi connectivity index (χ3v) is 2.20. The number of nitrogens with zero attached hydrogens (tertiary/aromatic N) is 3. The summed E-state index contributed by atoms with van der Waals surface area (Å²) >= 11 is 0. The Labute approximate surface area is 76.9 Å². The molecule has 4 nitrogen and oxygen atoms in total. The summed E-state index contributed by atoms with van der Waals surface area (Å²) in [6.45, 7) is 0.800. The van der Waals surface area contributed by atoms with E-state index in [2.05, 4.69) is 15.0 Å². The molecule has 2 rings (SSSR count). The second-order valence-corrected chi connectivity index (χ2v) is 3.17. The molecule has 0 fully saturated rings. The van der Waals surface area contributed by atoms with Crippen LogP contribution in [0.1, 0.15) is 24.6 Å². The first-order chi connectivity index (χ1) is 6.36. The van der Waals surface area contributed by atoms with Crippen molar-refractivity contribution in [2.75, 3.05) is 6.54 Å². The lowest BCUT2D eigenvalue weighted by molar-refractivity contribution is 0.591. The Morgan fingerprint density at radius 1 is 1.31 bits per heavy atom. The van der Waals surface area contributed by atoms with Crippen LogP contribution in [0, 0.1) is 0 Å². The van der Waals surface area contributed by atoms with Gasteiger partial charge in [-0.25, -0.2) is 9.97 Å². The van der Waals surface area contributed by atoms with Crippen LogP contribution in [0.25, 0.3) is 0 Å². The predicted molar refractivity (Wildman–Crippen MR) is 50.5 cm³/mol. The van der Waals surface area contributed by atoms with Crippen molar-refractivity contribution in [3.8, 4) is 0 Å². The Bertz CT molecular complexity index is 307. The van der Waals surface area contributed by atoms with Crippen molar-refractivity contribution in [3.05, 3.63) is 24.3 Å². The number of hydrogen-bond acceptors (Lipinski definition) is 4. The molecule has 1 unspecified atom stereocenters. The largest absolute Gasteiger partial charge is 0.387 e. The lowest BCUT2D eigenvalue weighted by Gasteiger charge is -2.17. The maximum atomic E-state index is 5.66. The Hall–Kier alpha value is -1.45. The van der Waals surface area contributed by atoms with Crippen LogP contribution in [0.15, 0.2) is 23.5 Å². The van der Waals surface area contributed by atoms with Crippen molar-refractivity contribution in [1.82, 2.24) is 9.97 Å². The fraction of sp³-hybridized carbons (Fsp3) is 0.444. The van der Waals surface area contributed by atoms with E-state index in [0.29, 0.717) is 5.92 Å². The highest BCUT2D eigenvalue weighted by atomic mass is 14.9. The molecule has 0 amide bonds. The minimum atomic E-state index is 0.360. The Morgan fingerprint density at radius 3 is 2.77 bits per heavy atom. The maximum Gasteiger partial charge on any atom is 0.131 e. The van der Waals surface area contributed by atoms with E-state index in [-0.39, 0.29) is 0 Å². The molecule has 0 saturated heterocycles. The van der Waals surface area contributed by atoms with Gasteiger partial charge in [0.15, 0.2) is 0 Å². The van der Waals surface area contributed by atoms with Crippen LogP contribution in [0.2, 0.25) is 0 Å². The van der Waals surface area contributed by atoms with E-state index in [4.69, 9.17) is 5.73 Å². The van der Waals surface area contributed by atoms with Crippen molar-refractivity contribution >= 4 is 5.84 Å². The molecule has 1 aromatic heterocycles. The van der Waals surface area contributed by atoms with Crippen LogP contribution in [0.5, 0.6) is 0 Å². The minimum absolute atomic E-state index is 0.360. The highest BCUT2D eigenvalue weighted by molar-refractivity contribution is 5.81. The van der Waals surface area contributed by atoms with Crippen LogP contribution < -0.4 is 5.73 Å². The van der Waals surface area contributed by atoms with Gasteiger partial charge in [0.25, 0.3) is 0 Å². The minimum Gasteiger partial charge on any atom is -0.387 e. The zero-order valence-electron chi connectivity index (χ0n) is 7.35. The van der Waals surface area contributed by atoms with E-state index >= 15 is 0 Å². The summed E-state index contributed by atoms with van der Waals surface area (Å²) in [4.78, 5) is 12.6. The molecule has 0 spiro atoms. The van der Waals surface area contributed by atoms with Crippen molar-refractivity contribution in [3.63, 3.8) is 0 Å². The molecule has 13 heavy (non-hydrogen) atoms. The van der Waals surface area contributed by atoms with E-state index in [0.717, 1.165) is 31.0 Å². The molecule has 0 radical (unpaired) electrons. The first-order valence-electron chi connectivity index (χ1n) is 4.42. The molecule has 68 valence electrons. The molecule has 2 heterocycles. The monoisotopic (exact) mass is 176 g/mol. The van der Waals surface area contributed by atoms with E-state index < -0.39 is 0 Å². The van der Waals surface area contributed by atoms with Gasteiger partial charge in [0.05, 0.1) is 5.84 Å². The van der Waals surface area contributed by atoms with Crippen molar-refractivity contribution in [1.29, 1.82) is 0 Å². The van der Waals surface area contributed by atoms with Gasteiger partial charge in [-0.05, 0) is 12.5 Å². The quantitative estimate of drug-likeness (QED) is 0.685. The molecule has 4 heteroatoms. The summed E-state index contributed by atoms with van der Waals surface area (Å²) in [5, 5.41) is 0. The fourth-order valence-corrected chi connectivity index (χ4v) is 1.52. The molecule has 1 aliphatic rings. The smallest absolute Gasteiger partial charge is 0.131 e. The summed E-state index contributed by atoms with van der Waals surface area (Å²) in [6, 6.07) is 1.82. The topological polar surface area (TPSA) is 64.2 Å². The average Bonchev–Trinajstić information content (AvgIpc) is 2.19. The molecule has 0 saturated carbocycles. The van der Waals surface area contributed by atoms with E-state index in [1.54, 1.807) is 12.4 Å². The molecule has 1 atom stereocenters. The standard InChI is InChI=1S/C9H12N4/c10-8-6-7(2-5-11-8)9-12-3-1-4-13-9/h1,3-4,7H,2,5-6H2,(H2,10,11). The van der Waals surface area contributed by atoms with Gasteiger partial charge in [0.1, 0.15) is 5.82 Å². The third kappa shape index (κ3) is 1.83. The van der Waals surface area contributed by atoms with Crippen LogP contribution in [-0.2, 0) is 0 Å². The zero-order chi connectivity index (χ0) is 9.10. The fourth-order valence-electron chi connectivity index (χ4n) is 1.52. The van der Waals surface area contributed by atoms with Gasteiger partial charge < -0.3 is 5.73 Å². The second-order valence-electron chi connectivity index (χ2n) is 3.17. The Morgan fingerprint density at radius 2 is 2.08 bits per heavy atom. The highest BCUT2D eigenvalue weighted by Gasteiger charge is 2.18. The van der Waals surface area contributed by atoms with Crippen LogP contribution >= 0.6 is 0 Å². The number of nitrogens with two attached hydrogens (primary N) is 1. The summed E-state index contributed by atoms with van der Waals surface area (Å²) in [5.41, 5.74) is 5.66. The summed E-state index contributed by atoms with van der Waals surface area (Å²) in [6.07, 6.45) is 5.34. The first-order valence-corrected chi connectivity index (χ1v) is 4.42. The lowest BCUT2D eigenvalue weighted by Crippen LogP contribution is -2.22. The van der Waals surface area contributed by atoms with Crippen molar-refractivity contribution < 1.29 is 0 Å². The zero-order valence-corrected chi connectivity index (χ0v) is 7.35. The number of aliphatic imine (C=N–C) groups is 1. The molecule has 0 aromatic carbocycles. The molecule has 0 aliphatic carbocycles. The second kappa shape index (κ2) is 3.51. The predicted octanol–water partition coefficient (Wildman–Crippen LogP) is 0.711. The van der Waals surface area contributed by atoms with Gasteiger partial charge in [-0.15, -0.1) is 0 Å². The number of aromatic nitrogens is 2. The summed E-state index contributed by atoms with van der Waals surface area (Å²) in [7, 11) is 0. The molecule has 1 aromatic rings. The first kappa shape index (κ1) is 8.16. The number of amidine groups is 1. The molecular weight excluding hydrogens is 164 g/mol. The third-order valence-electron chi connectivity index (χ3n) is 2.20. The SMILES string of the molecule is NC1=NCCC(c2ncccn2)C1. The normalized spacial score (nSPS) is 22.5. The van der Waals surface area contributed by atoms with Gasteiger partial charge in [-0.2, -0.15) is 0 Å². The van der Waals surface area contributed by atoms with Gasteiger partial charge in [0, 0.05) is 31.3 Å². The maximum absolute atomic E-state index is 5.66. The van der Waals surface area contributed by atoms with E-state index in [1.807, 2.05) is 6.07 Å². The van der Waals surface area contributed by atoms with Crippen LogP contribution in [0.3, 0.4) is 0 Å². The van der Waals surface area contributed by atoms with Crippen molar-refractivity contribution in [2.45, 2.75) is 18.8 Å². The Balaban J connectivity index is 2.15. The molecule has 0 bridgehead atoms. The van der Waals surface area contributed by atoms with Crippen LogP contribution in [0.4, 0.5) is 0 Å². The van der Waals surface area contributed by atoms with Crippen molar-refractivity contribution in [2.24, 2.45) is 10.7 Å². The molecule has 2 N–H and O–H groups in total. The number of hydrogen-bond donors (Lipinski definition) is 1. The summed E-state index contributed by atoms with van der Waals surface area (Å²) < 4.78 is 0. The van der Waals surface area contributed by atoms with Crippen LogP contribution in [-0.4, -0.2) is 22.3 Å². The van der Waals surface area contributed by atoms with E-state index in [1.165, 1.54) is 0 Å². The van der Waals surface area contributed by atoms with Gasteiger partial charge in [-0.1, -0.05) is 0 Å². The number of rotatable bonds is 1. The lowest BCUT2D eigenvalue weighted by atomic mass is 9.97. The summed E-state index contributed by atoms with van der Waals surface area (Å²) in [5.74, 6) is 1.97. The highest BCUT2D eigenvalue weighted by Crippen LogP contribution is 2.22. The van der Waals surface area contributed by atoms with Gasteiger partial charge >= 0.3 is 0 Å². The average molecular weight is 176 g/mol. The van der Waals surface area contributed by atoms with Gasteiger partial charge in [-0.3, -0.25) is 4.99 Å². The van der Waals surface area contributed by atoms with E-state index in [9.17, 15) is 0 Å². The molecular formula is C9H12N4.